The van der Waals surface area contributed by atoms with E-state index in [9.17, 15) is 9.59 Å². The molecule has 0 unspecified atom stereocenters. The molecule has 5 nitrogen and oxygen atoms in total. The molecule has 25 heavy (non-hydrogen) atoms. The number of rotatable bonds is 7. The number of benzene rings is 2. The molecule has 0 fully saturated rings. The summed E-state index contributed by atoms with van der Waals surface area (Å²) in [4.78, 5) is 24.0. The highest BCUT2D eigenvalue weighted by Crippen LogP contribution is 2.17. The first-order valence-electron chi connectivity index (χ1n) is 8.32. The van der Waals surface area contributed by atoms with E-state index in [4.69, 9.17) is 4.74 Å². The number of methoxy groups -OCH3 is 1. The van der Waals surface area contributed by atoms with Crippen LogP contribution >= 0.6 is 0 Å². The molecule has 0 saturated carbocycles. The second-order valence-corrected chi connectivity index (χ2v) is 5.57. The summed E-state index contributed by atoms with van der Waals surface area (Å²) in [6.45, 7) is 3.97. The Hall–Kier alpha value is -2.82. The second-order valence-electron chi connectivity index (χ2n) is 5.57. The molecule has 0 aliphatic rings. The molecule has 2 aromatic rings. The first-order valence-corrected chi connectivity index (χ1v) is 8.32. The average molecular weight is 341 g/mol. The Morgan fingerprint density at radius 3 is 2.40 bits per heavy atom. The van der Waals surface area contributed by atoms with Gasteiger partial charge < -0.3 is 14.8 Å². The SMILES string of the molecule is CCc1ccc(O[C@@H](CC)C(=O)Nc2cccc(C(=O)OC)c2)cc1. The maximum absolute atomic E-state index is 12.5. The van der Waals surface area contributed by atoms with E-state index in [1.807, 2.05) is 31.2 Å². The summed E-state index contributed by atoms with van der Waals surface area (Å²) < 4.78 is 10.5. The summed E-state index contributed by atoms with van der Waals surface area (Å²) in [7, 11) is 1.32. The first kappa shape index (κ1) is 18.5. The molecule has 0 aromatic heterocycles. The monoisotopic (exact) mass is 341 g/mol. The molecule has 0 bridgehead atoms. The molecule has 2 aromatic carbocycles. The predicted molar refractivity (Wildman–Crippen MR) is 96.9 cm³/mol. The summed E-state index contributed by atoms with van der Waals surface area (Å²) in [6, 6.07) is 14.3. The lowest BCUT2D eigenvalue weighted by Gasteiger charge is -2.17. The van der Waals surface area contributed by atoms with Crippen molar-refractivity contribution >= 4 is 17.6 Å². The van der Waals surface area contributed by atoms with Gasteiger partial charge in [0.1, 0.15) is 5.75 Å². The fourth-order valence-electron chi connectivity index (χ4n) is 2.35. The van der Waals surface area contributed by atoms with Gasteiger partial charge in [-0.1, -0.05) is 32.0 Å². The summed E-state index contributed by atoms with van der Waals surface area (Å²) in [5.41, 5.74) is 2.12. The highest BCUT2D eigenvalue weighted by atomic mass is 16.5. The van der Waals surface area contributed by atoms with Gasteiger partial charge in [-0.05, 0) is 48.7 Å². The molecular formula is C20H23NO4. The van der Waals surface area contributed by atoms with Crippen LogP contribution in [0.25, 0.3) is 0 Å². The Kier molecular flexibility index (Phi) is 6.57. The van der Waals surface area contributed by atoms with Crippen LogP contribution in [0.1, 0.15) is 36.2 Å². The van der Waals surface area contributed by atoms with E-state index in [2.05, 4.69) is 17.0 Å². The minimum Gasteiger partial charge on any atom is -0.481 e. The Balaban J connectivity index is 2.05. The minimum atomic E-state index is -0.616. The second kappa shape index (κ2) is 8.87. The van der Waals surface area contributed by atoms with Gasteiger partial charge in [0.2, 0.25) is 0 Å². The maximum Gasteiger partial charge on any atom is 0.337 e. The van der Waals surface area contributed by atoms with Crippen LogP contribution in [-0.2, 0) is 16.0 Å². The molecule has 2 rings (SSSR count). The van der Waals surface area contributed by atoms with E-state index >= 15 is 0 Å². The lowest BCUT2D eigenvalue weighted by molar-refractivity contribution is -0.122. The van der Waals surface area contributed by atoms with E-state index in [1.165, 1.54) is 12.7 Å². The van der Waals surface area contributed by atoms with Crippen LogP contribution in [0.5, 0.6) is 5.75 Å². The van der Waals surface area contributed by atoms with E-state index in [-0.39, 0.29) is 5.91 Å². The number of amides is 1. The summed E-state index contributed by atoms with van der Waals surface area (Å²) >= 11 is 0. The van der Waals surface area contributed by atoms with Crippen molar-refractivity contribution in [3.63, 3.8) is 0 Å². The largest absolute Gasteiger partial charge is 0.481 e. The Labute approximate surface area is 148 Å². The zero-order valence-corrected chi connectivity index (χ0v) is 14.7. The Morgan fingerprint density at radius 2 is 1.80 bits per heavy atom. The van der Waals surface area contributed by atoms with Crippen LogP contribution in [0, 0.1) is 0 Å². The predicted octanol–water partition coefficient (Wildman–Crippen LogP) is 3.83. The van der Waals surface area contributed by atoms with Crippen molar-refractivity contribution in [3.8, 4) is 5.75 Å². The normalized spacial score (nSPS) is 11.5. The van der Waals surface area contributed by atoms with E-state index in [0.29, 0.717) is 23.4 Å². The highest BCUT2D eigenvalue weighted by Gasteiger charge is 2.19. The van der Waals surface area contributed by atoms with Crippen LogP contribution in [0.15, 0.2) is 48.5 Å². The molecule has 5 heteroatoms. The molecule has 1 N–H and O–H groups in total. The molecule has 1 amide bonds. The number of anilines is 1. The van der Waals surface area contributed by atoms with Gasteiger partial charge in [-0.15, -0.1) is 0 Å². The molecular weight excluding hydrogens is 318 g/mol. The topological polar surface area (TPSA) is 64.6 Å². The molecule has 0 radical (unpaired) electrons. The number of hydrogen-bond donors (Lipinski definition) is 1. The standard InChI is InChI=1S/C20H23NO4/c1-4-14-9-11-17(12-10-14)25-18(5-2)19(22)21-16-8-6-7-15(13-16)20(23)24-3/h6-13,18H,4-5H2,1-3H3,(H,21,22)/t18-/m0/s1. The number of carbonyl (C=O) groups is 2. The van der Waals surface area contributed by atoms with Crippen molar-refractivity contribution in [2.45, 2.75) is 32.8 Å². The molecule has 0 saturated heterocycles. The van der Waals surface area contributed by atoms with E-state index < -0.39 is 12.1 Å². The average Bonchev–Trinajstić information content (AvgIpc) is 2.66. The lowest BCUT2D eigenvalue weighted by atomic mass is 10.1. The Bertz CT molecular complexity index is 725. The van der Waals surface area contributed by atoms with Gasteiger partial charge in [0.25, 0.3) is 5.91 Å². The summed E-state index contributed by atoms with van der Waals surface area (Å²) in [5, 5.41) is 2.78. The van der Waals surface area contributed by atoms with Gasteiger partial charge in [-0.3, -0.25) is 4.79 Å². The zero-order valence-electron chi connectivity index (χ0n) is 14.7. The van der Waals surface area contributed by atoms with E-state index in [0.717, 1.165) is 6.42 Å². The van der Waals surface area contributed by atoms with Crippen LogP contribution in [0.3, 0.4) is 0 Å². The van der Waals surface area contributed by atoms with Gasteiger partial charge in [-0.2, -0.15) is 0 Å². The fraction of sp³-hybridized carbons (Fsp3) is 0.300. The minimum absolute atomic E-state index is 0.260. The number of carbonyl (C=O) groups excluding carboxylic acids is 2. The smallest absolute Gasteiger partial charge is 0.337 e. The molecule has 1 atom stereocenters. The van der Waals surface area contributed by atoms with Gasteiger partial charge in [0.05, 0.1) is 12.7 Å². The summed E-state index contributed by atoms with van der Waals surface area (Å²) in [6.07, 6.45) is 0.862. The molecule has 0 spiro atoms. The third kappa shape index (κ3) is 5.08. The van der Waals surface area contributed by atoms with Crippen molar-refractivity contribution in [3.05, 3.63) is 59.7 Å². The van der Waals surface area contributed by atoms with Crippen molar-refractivity contribution in [2.75, 3.05) is 12.4 Å². The molecule has 0 heterocycles. The third-order valence-electron chi connectivity index (χ3n) is 3.82. The van der Waals surface area contributed by atoms with Crippen LogP contribution < -0.4 is 10.1 Å². The van der Waals surface area contributed by atoms with Crippen molar-refractivity contribution < 1.29 is 19.1 Å². The quantitative estimate of drug-likeness (QED) is 0.777. The zero-order chi connectivity index (χ0) is 18.2. The van der Waals surface area contributed by atoms with Crippen molar-refractivity contribution in [1.82, 2.24) is 0 Å². The number of aryl methyl sites for hydroxylation is 1. The van der Waals surface area contributed by atoms with Crippen molar-refractivity contribution in [2.24, 2.45) is 0 Å². The number of nitrogens with one attached hydrogen (secondary N) is 1. The van der Waals surface area contributed by atoms with E-state index in [1.54, 1.807) is 24.3 Å². The maximum atomic E-state index is 12.5. The number of ether oxygens (including phenoxy) is 2. The van der Waals surface area contributed by atoms with Crippen LogP contribution in [0.4, 0.5) is 5.69 Å². The molecule has 0 aliphatic carbocycles. The third-order valence-corrected chi connectivity index (χ3v) is 3.82. The fourth-order valence-corrected chi connectivity index (χ4v) is 2.35. The summed E-state index contributed by atoms with van der Waals surface area (Å²) in [5.74, 6) is -0.0537. The molecule has 132 valence electrons. The van der Waals surface area contributed by atoms with Gasteiger partial charge in [0, 0.05) is 5.69 Å². The van der Waals surface area contributed by atoms with Crippen LogP contribution in [0.2, 0.25) is 0 Å². The first-order chi connectivity index (χ1) is 12.1. The van der Waals surface area contributed by atoms with Crippen molar-refractivity contribution in [1.29, 1.82) is 0 Å². The number of hydrogen-bond acceptors (Lipinski definition) is 4. The van der Waals surface area contributed by atoms with Crippen LogP contribution in [-0.4, -0.2) is 25.1 Å². The highest BCUT2D eigenvalue weighted by molar-refractivity contribution is 5.96. The van der Waals surface area contributed by atoms with Gasteiger partial charge in [0.15, 0.2) is 6.10 Å². The lowest BCUT2D eigenvalue weighted by Crippen LogP contribution is -2.32. The number of esters is 1. The Morgan fingerprint density at radius 1 is 1.08 bits per heavy atom. The van der Waals surface area contributed by atoms with Gasteiger partial charge in [-0.25, -0.2) is 4.79 Å². The van der Waals surface area contributed by atoms with Gasteiger partial charge >= 0.3 is 5.97 Å². The molecule has 0 aliphatic heterocycles.